The molecule has 1 aromatic carbocycles. The lowest BCUT2D eigenvalue weighted by molar-refractivity contribution is -0.122. The van der Waals surface area contributed by atoms with Crippen LogP contribution in [0.3, 0.4) is 0 Å². The summed E-state index contributed by atoms with van der Waals surface area (Å²) in [5, 5.41) is 6.34. The molecule has 0 saturated carbocycles. The van der Waals surface area contributed by atoms with Crippen LogP contribution in [0.2, 0.25) is 5.02 Å². The zero-order valence-corrected chi connectivity index (χ0v) is 15.6. The van der Waals surface area contributed by atoms with Crippen LogP contribution in [0.25, 0.3) is 0 Å². The Morgan fingerprint density at radius 1 is 1.19 bits per heavy atom. The Labute approximate surface area is 158 Å². The average molecular weight is 382 g/mol. The molecule has 1 aliphatic heterocycles. The van der Waals surface area contributed by atoms with Crippen molar-refractivity contribution in [1.82, 2.24) is 15.5 Å². The summed E-state index contributed by atoms with van der Waals surface area (Å²) in [6, 6.07) is 6.72. The number of carbonyl (C=O) groups excluding carboxylic acids is 3. The number of likely N-dealkylation sites (tertiary alicyclic amines) is 1. The number of amides is 3. The molecule has 0 unspecified atom stereocenters. The quantitative estimate of drug-likeness (QED) is 0.739. The van der Waals surface area contributed by atoms with E-state index < -0.39 is 0 Å². The van der Waals surface area contributed by atoms with Crippen LogP contribution < -0.4 is 10.6 Å². The van der Waals surface area contributed by atoms with Gasteiger partial charge in [-0.25, -0.2) is 4.79 Å². The Balaban J connectivity index is 1.60. The first-order valence-electron chi connectivity index (χ1n) is 8.65. The number of benzene rings is 1. The van der Waals surface area contributed by atoms with Gasteiger partial charge in [0.15, 0.2) is 0 Å². The molecule has 1 aromatic rings. The van der Waals surface area contributed by atoms with Gasteiger partial charge in [0.1, 0.15) is 0 Å². The fraction of sp³-hybridized carbons (Fsp3) is 0.500. The van der Waals surface area contributed by atoms with Crippen LogP contribution in [0.4, 0.5) is 4.79 Å². The summed E-state index contributed by atoms with van der Waals surface area (Å²) in [5.74, 6) is -0.223. The molecule has 2 N–H and O–H groups in total. The van der Waals surface area contributed by atoms with Crippen molar-refractivity contribution < 1.29 is 19.1 Å². The van der Waals surface area contributed by atoms with Gasteiger partial charge in [-0.15, -0.1) is 0 Å². The molecule has 1 saturated heterocycles. The van der Waals surface area contributed by atoms with E-state index in [9.17, 15) is 14.4 Å². The van der Waals surface area contributed by atoms with Crippen LogP contribution in [-0.2, 0) is 9.53 Å². The Morgan fingerprint density at radius 3 is 2.46 bits per heavy atom. The van der Waals surface area contributed by atoms with Gasteiger partial charge in [0.05, 0.1) is 7.11 Å². The lowest BCUT2D eigenvalue weighted by Gasteiger charge is -2.31. The van der Waals surface area contributed by atoms with Crippen molar-refractivity contribution in [2.75, 3.05) is 26.7 Å². The third kappa shape index (κ3) is 6.22. The molecule has 26 heavy (non-hydrogen) atoms. The van der Waals surface area contributed by atoms with E-state index in [1.807, 2.05) is 0 Å². The van der Waals surface area contributed by atoms with E-state index in [0.717, 1.165) is 0 Å². The zero-order valence-electron chi connectivity index (χ0n) is 14.8. The highest BCUT2D eigenvalue weighted by atomic mass is 35.5. The number of methoxy groups -OCH3 is 1. The molecule has 0 spiro atoms. The summed E-state index contributed by atoms with van der Waals surface area (Å²) in [6.45, 7) is 1.58. The van der Waals surface area contributed by atoms with E-state index in [-0.39, 0.29) is 23.9 Å². The highest BCUT2D eigenvalue weighted by Crippen LogP contribution is 2.12. The van der Waals surface area contributed by atoms with Crippen LogP contribution in [0.1, 0.15) is 36.0 Å². The number of carbonyl (C=O) groups is 3. The van der Waals surface area contributed by atoms with E-state index in [4.69, 9.17) is 11.6 Å². The Kier molecular flexibility index (Phi) is 7.72. The second-order valence-corrected chi connectivity index (χ2v) is 6.60. The number of piperidine rings is 1. The molecule has 0 aliphatic carbocycles. The molecular weight excluding hydrogens is 358 g/mol. The van der Waals surface area contributed by atoms with E-state index in [1.54, 1.807) is 29.2 Å². The molecule has 1 fully saturated rings. The van der Waals surface area contributed by atoms with Crippen LogP contribution in [0.15, 0.2) is 24.3 Å². The number of hydrogen-bond donors (Lipinski definition) is 2. The summed E-state index contributed by atoms with van der Waals surface area (Å²) in [6.07, 6.45) is 2.01. The summed E-state index contributed by atoms with van der Waals surface area (Å²) < 4.78 is 4.69. The van der Waals surface area contributed by atoms with Crippen molar-refractivity contribution in [3.8, 4) is 0 Å². The fourth-order valence-corrected chi connectivity index (χ4v) is 2.92. The summed E-state index contributed by atoms with van der Waals surface area (Å²) >= 11 is 5.79. The highest BCUT2D eigenvalue weighted by molar-refractivity contribution is 6.30. The minimum atomic E-state index is -0.328. The largest absolute Gasteiger partial charge is 0.453 e. The van der Waals surface area contributed by atoms with Gasteiger partial charge < -0.3 is 20.3 Å². The summed E-state index contributed by atoms with van der Waals surface area (Å²) in [5.41, 5.74) is 0.538. The molecule has 2 rings (SSSR count). The van der Waals surface area contributed by atoms with Gasteiger partial charge in [-0.1, -0.05) is 11.6 Å². The number of halogens is 1. The van der Waals surface area contributed by atoms with Gasteiger partial charge in [0.2, 0.25) is 5.91 Å². The van der Waals surface area contributed by atoms with Gasteiger partial charge in [-0.3, -0.25) is 9.59 Å². The van der Waals surface area contributed by atoms with E-state index in [0.29, 0.717) is 55.9 Å². The molecule has 0 radical (unpaired) electrons. The highest BCUT2D eigenvalue weighted by Gasteiger charge is 2.23. The second kappa shape index (κ2) is 10.0. The van der Waals surface area contributed by atoms with Crippen molar-refractivity contribution in [2.45, 2.75) is 31.7 Å². The molecule has 7 nitrogen and oxygen atoms in total. The molecule has 142 valence electrons. The molecule has 0 aromatic heterocycles. The Bertz CT molecular complexity index is 628. The Morgan fingerprint density at radius 2 is 1.85 bits per heavy atom. The standard InChI is InChI=1S/C18H24ClN3O4/c1-26-18(25)22-11-8-15(9-12-22)21-16(23)3-2-10-20-17(24)13-4-6-14(19)7-5-13/h4-7,15H,2-3,8-12H2,1H3,(H,20,24)(H,21,23). The van der Waals surface area contributed by atoms with Gasteiger partial charge >= 0.3 is 6.09 Å². The minimum absolute atomic E-state index is 0.0396. The normalized spacial score (nSPS) is 14.6. The molecule has 8 heteroatoms. The number of nitrogens with zero attached hydrogens (tertiary/aromatic N) is 1. The van der Waals surface area contributed by atoms with Crippen molar-refractivity contribution in [3.63, 3.8) is 0 Å². The van der Waals surface area contributed by atoms with Gasteiger partial charge in [0, 0.05) is 42.7 Å². The minimum Gasteiger partial charge on any atom is -0.453 e. The second-order valence-electron chi connectivity index (χ2n) is 6.17. The van der Waals surface area contributed by atoms with Crippen molar-refractivity contribution >= 4 is 29.5 Å². The van der Waals surface area contributed by atoms with Crippen molar-refractivity contribution in [2.24, 2.45) is 0 Å². The first-order valence-corrected chi connectivity index (χ1v) is 9.03. The first-order chi connectivity index (χ1) is 12.5. The number of nitrogens with one attached hydrogen (secondary N) is 2. The maximum atomic E-state index is 12.0. The van der Waals surface area contributed by atoms with Crippen molar-refractivity contribution in [1.29, 1.82) is 0 Å². The Hall–Kier alpha value is -2.28. The predicted octanol–water partition coefficient (Wildman–Crippen LogP) is 2.20. The van der Waals surface area contributed by atoms with E-state index >= 15 is 0 Å². The molecule has 0 bridgehead atoms. The van der Waals surface area contributed by atoms with Gasteiger partial charge in [0.25, 0.3) is 5.91 Å². The van der Waals surface area contributed by atoms with Crippen LogP contribution in [0.5, 0.6) is 0 Å². The number of hydrogen-bond acceptors (Lipinski definition) is 4. The molecule has 1 heterocycles. The molecule has 3 amide bonds. The van der Waals surface area contributed by atoms with E-state index in [1.165, 1.54) is 7.11 Å². The molecule has 1 aliphatic rings. The first kappa shape index (κ1) is 20.0. The third-order valence-electron chi connectivity index (χ3n) is 4.27. The smallest absolute Gasteiger partial charge is 0.409 e. The van der Waals surface area contributed by atoms with Crippen LogP contribution >= 0.6 is 11.6 Å². The monoisotopic (exact) mass is 381 g/mol. The van der Waals surface area contributed by atoms with Crippen LogP contribution in [0, 0.1) is 0 Å². The van der Waals surface area contributed by atoms with E-state index in [2.05, 4.69) is 15.4 Å². The fourth-order valence-electron chi connectivity index (χ4n) is 2.79. The molecular formula is C18H24ClN3O4. The maximum absolute atomic E-state index is 12.0. The third-order valence-corrected chi connectivity index (χ3v) is 4.52. The maximum Gasteiger partial charge on any atom is 0.409 e. The van der Waals surface area contributed by atoms with Gasteiger partial charge in [-0.2, -0.15) is 0 Å². The van der Waals surface area contributed by atoms with Crippen molar-refractivity contribution in [3.05, 3.63) is 34.9 Å². The SMILES string of the molecule is COC(=O)N1CCC(NC(=O)CCCNC(=O)c2ccc(Cl)cc2)CC1. The lowest BCUT2D eigenvalue weighted by atomic mass is 10.1. The summed E-state index contributed by atoms with van der Waals surface area (Å²) in [4.78, 5) is 37.0. The number of ether oxygens (including phenoxy) is 1. The zero-order chi connectivity index (χ0) is 18.9. The summed E-state index contributed by atoms with van der Waals surface area (Å²) in [7, 11) is 1.36. The van der Waals surface area contributed by atoms with Crippen LogP contribution in [-0.4, -0.2) is 55.6 Å². The number of rotatable bonds is 6. The van der Waals surface area contributed by atoms with Gasteiger partial charge in [-0.05, 0) is 43.5 Å². The molecule has 0 atom stereocenters. The predicted molar refractivity (Wildman–Crippen MR) is 98.2 cm³/mol. The average Bonchev–Trinajstić information content (AvgIpc) is 2.65. The topological polar surface area (TPSA) is 87.7 Å². The lowest BCUT2D eigenvalue weighted by Crippen LogP contribution is -2.46.